The highest BCUT2D eigenvalue weighted by atomic mass is 32.2. The van der Waals surface area contributed by atoms with Crippen molar-refractivity contribution in [1.29, 1.82) is 0 Å². The van der Waals surface area contributed by atoms with E-state index in [4.69, 9.17) is 5.11 Å². The van der Waals surface area contributed by atoms with E-state index >= 15 is 0 Å². The summed E-state index contributed by atoms with van der Waals surface area (Å²) in [7, 11) is -3.48. The Morgan fingerprint density at radius 1 is 1.45 bits per heavy atom. The van der Waals surface area contributed by atoms with Crippen molar-refractivity contribution in [2.24, 2.45) is 5.92 Å². The normalized spacial score (nSPS) is 23.1. The maximum Gasteiger partial charge on any atom is 0.303 e. The van der Waals surface area contributed by atoms with Crippen molar-refractivity contribution in [1.82, 2.24) is 4.72 Å². The first-order valence-corrected chi connectivity index (χ1v) is 8.89. The number of nitrogens with one attached hydrogen (secondary N) is 1. The van der Waals surface area contributed by atoms with Crippen LogP contribution in [-0.4, -0.2) is 25.5 Å². The summed E-state index contributed by atoms with van der Waals surface area (Å²) in [5, 5.41) is 8.77. The van der Waals surface area contributed by atoms with E-state index in [-0.39, 0.29) is 18.4 Å². The number of sulfonamides is 1. The maximum atomic E-state index is 12.3. The Morgan fingerprint density at radius 2 is 2.15 bits per heavy atom. The lowest BCUT2D eigenvalue weighted by Gasteiger charge is -2.12. The van der Waals surface area contributed by atoms with E-state index in [1.165, 1.54) is 11.3 Å². The van der Waals surface area contributed by atoms with Crippen molar-refractivity contribution in [3.05, 3.63) is 16.5 Å². The first kappa shape index (κ1) is 15.5. The van der Waals surface area contributed by atoms with Crippen LogP contribution in [-0.2, 0) is 14.8 Å². The predicted octanol–water partition coefficient (Wildman–Crippen LogP) is 2.29. The second-order valence-electron chi connectivity index (χ2n) is 5.40. The van der Waals surface area contributed by atoms with Gasteiger partial charge in [-0.1, -0.05) is 0 Å². The van der Waals surface area contributed by atoms with E-state index in [1.54, 1.807) is 6.07 Å². The molecule has 1 aliphatic rings. The van der Waals surface area contributed by atoms with Gasteiger partial charge in [0.2, 0.25) is 10.0 Å². The minimum Gasteiger partial charge on any atom is -0.481 e. The summed E-state index contributed by atoms with van der Waals surface area (Å²) in [6, 6.07) is 1.54. The van der Waals surface area contributed by atoms with Crippen LogP contribution in [0.1, 0.15) is 36.1 Å². The van der Waals surface area contributed by atoms with Gasteiger partial charge in [-0.05, 0) is 50.7 Å². The number of carboxylic acids is 1. The molecule has 1 fully saturated rings. The van der Waals surface area contributed by atoms with Crippen LogP contribution in [0.4, 0.5) is 0 Å². The van der Waals surface area contributed by atoms with Crippen LogP contribution in [0.5, 0.6) is 0 Å². The van der Waals surface area contributed by atoms with Gasteiger partial charge in [0.1, 0.15) is 4.21 Å². The number of carboxylic acid groups (broad SMARTS) is 1. The molecule has 1 heterocycles. The number of rotatable bonds is 5. The van der Waals surface area contributed by atoms with Crippen LogP contribution in [0, 0.1) is 19.8 Å². The van der Waals surface area contributed by atoms with E-state index in [9.17, 15) is 13.2 Å². The molecule has 5 nitrogen and oxygen atoms in total. The molecule has 0 unspecified atom stereocenters. The zero-order valence-corrected chi connectivity index (χ0v) is 13.2. The highest BCUT2D eigenvalue weighted by molar-refractivity contribution is 7.91. The maximum absolute atomic E-state index is 12.3. The van der Waals surface area contributed by atoms with Crippen molar-refractivity contribution < 1.29 is 18.3 Å². The molecule has 1 aliphatic carbocycles. The summed E-state index contributed by atoms with van der Waals surface area (Å²) >= 11 is 1.27. The number of aliphatic carboxylic acids is 1. The quantitative estimate of drug-likeness (QED) is 0.872. The molecule has 2 N–H and O–H groups in total. The Kier molecular flexibility index (Phi) is 4.51. The molecule has 1 saturated carbocycles. The fourth-order valence-corrected chi connectivity index (χ4v) is 5.38. The lowest BCUT2D eigenvalue weighted by Crippen LogP contribution is -2.32. The first-order chi connectivity index (χ1) is 9.28. The summed E-state index contributed by atoms with van der Waals surface area (Å²) in [6.07, 6.45) is 2.20. The lowest BCUT2D eigenvalue weighted by molar-refractivity contribution is -0.138. The zero-order chi connectivity index (χ0) is 14.9. The molecule has 7 heteroatoms. The lowest BCUT2D eigenvalue weighted by atomic mass is 10.0. The molecule has 112 valence electrons. The molecule has 0 bridgehead atoms. The van der Waals surface area contributed by atoms with Crippen LogP contribution in [0.25, 0.3) is 0 Å². The monoisotopic (exact) mass is 317 g/mol. The molecular formula is C13H19NO4S2. The molecule has 0 aromatic carbocycles. The molecule has 2 atom stereocenters. The number of hydrogen-bond donors (Lipinski definition) is 2. The summed E-state index contributed by atoms with van der Waals surface area (Å²) in [5.41, 5.74) is 0.977. The average molecular weight is 317 g/mol. The third-order valence-corrected chi connectivity index (χ3v) is 6.88. The third kappa shape index (κ3) is 3.59. The molecule has 2 rings (SSSR count). The van der Waals surface area contributed by atoms with Crippen molar-refractivity contribution >= 4 is 27.3 Å². The molecular weight excluding hydrogens is 298 g/mol. The van der Waals surface area contributed by atoms with Gasteiger partial charge >= 0.3 is 5.97 Å². The molecule has 0 saturated heterocycles. The van der Waals surface area contributed by atoms with Gasteiger partial charge in [0.05, 0.1) is 0 Å². The van der Waals surface area contributed by atoms with E-state index in [0.717, 1.165) is 16.9 Å². The fraction of sp³-hybridized carbons (Fsp3) is 0.615. The highest BCUT2D eigenvalue weighted by Crippen LogP contribution is 2.31. The summed E-state index contributed by atoms with van der Waals surface area (Å²) < 4.78 is 27.6. The summed E-state index contributed by atoms with van der Waals surface area (Å²) in [4.78, 5) is 11.7. The van der Waals surface area contributed by atoms with Gasteiger partial charge in [0.25, 0.3) is 0 Å². The van der Waals surface area contributed by atoms with Gasteiger partial charge in [-0.2, -0.15) is 0 Å². The van der Waals surface area contributed by atoms with Gasteiger partial charge in [-0.15, -0.1) is 11.3 Å². The van der Waals surface area contributed by atoms with Gasteiger partial charge in [-0.25, -0.2) is 13.1 Å². The van der Waals surface area contributed by atoms with Gasteiger partial charge in [0.15, 0.2) is 0 Å². The molecule has 0 aliphatic heterocycles. The Bertz CT molecular complexity index is 586. The molecule has 1 aromatic rings. The van der Waals surface area contributed by atoms with E-state index in [2.05, 4.69) is 4.72 Å². The second kappa shape index (κ2) is 5.83. The minimum absolute atomic E-state index is 0.0759. The number of aryl methyl sites for hydroxylation is 2. The van der Waals surface area contributed by atoms with Crippen LogP contribution < -0.4 is 4.72 Å². The van der Waals surface area contributed by atoms with Gasteiger partial charge < -0.3 is 5.11 Å². The van der Waals surface area contributed by atoms with E-state index in [0.29, 0.717) is 17.1 Å². The Balaban J connectivity index is 2.01. The van der Waals surface area contributed by atoms with Crippen LogP contribution >= 0.6 is 11.3 Å². The highest BCUT2D eigenvalue weighted by Gasteiger charge is 2.30. The van der Waals surface area contributed by atoms with Crippen molar-refractivity contribution in [3.8, 4) is 0 Å². The largest absolute Gasteiger partial charge is 0.481 e. The number of carbonyl (C=O) groups is 1. The van der Waals surface area contributed by atoms with Crippen molar-refractivity contribution in [2.45, 2.75) is 49.8 Å². The molecule has 0 spiro atoms. The Hall–Kier alpha value is -0.920. The predicted molar refractivity (Wildman–Crippen MR) is 77.5 cm³/mol. The minimum atomic E-state index is -3.48. The molecule has 0 radical (unpaired) electrons. The van der Waals surface area contributed by atoms with Crippen LogP contribution in [0.2, 0.25) is 0 Å². The van der Waals surface area contributed by atoms with Crippen LogP contribution in [0.3, 0.4) is 0 Å². The van der Waals surface area contributed by atoms with Gasteiger partial charge in [0, 0.05) is 17.3 Å². The van der Waals surface area contributed by atoms with Gasteiger partial charge in [-0.3, -0.25) is 4.79 Å². The van der Waals surface area contributed by atoms with E-state index < -0.39 is 16.0 Å². The Labute approximate surface area is 123 Å². The summed E-state index contributed by atoms with van der Waals surface area (Å²) in [6.45, 7) is 3.79. The topological polar surface area (TPSA) is 83.5 Å². The zero-order valence-electron chi connectivity index (χ0n) is 11.5. The molecule has 1 aromatic heterocycles. The third-order valence-electron chi connectivity index (χ3n) is 3.73. The fourth-order valence-electron chi connectivity index (χ4n) is 2.56. The Morgan fingerprint density at radius 3 is 2.70 bits per heavy atom. The molecule has 0 amide bonds. The second-order valence-corrected chi connectivity index (χ2v) is 8.60. The first-order valence-electron chi connectivity index (χ1n) is 6.59. The number of hydrogen-bond acceptors (Lipinski definition) is 4. The average Bonchev–Trinajstić information content (AvgIpc) is 2.86. The van der Waals surface area contributed by atoms with Crippen molar-refractivity contribution in [3.63, 3.8) is 0 Å². The molecule has 20 heavy (non-hydrogen) atoms. The SMILES string of the molecule is Cc1cc(S(=O)(=O)N[C@H]2CC[C@@H](CC(=O)O)C2)sc1C. The van der Waals surface area contributed by atoms with Crippen LogP contribution in [0.15, 0.2) is 10.3 Å². The smallest absolute Gasteiger partial charge is 0.303 e. The summed E-state index contributed by atoms with van der Waals surface area (Å²) in [5.74, 6) is -0.741. The number of thiophene rings is 1. The standard InChI is InChI=1S/C13H19NO4S2/c1-8-5-13(19-9(8)2)20(17,18)14-11-4-3-10(6-11)7-12(15)16/h5,10-11,14H,3-4,6-7H2,1-2H3,(H,15,16)/t10-,11+/m1/s1. The van der Waals surface area contributed by atoms with Crippen molar-refractivity contribution in [2.75, 3.05) is 0 Å². The van der Waals surface area contributed by atoms with E-state index in [1.807, 2.05) is 13.8 Å².